The van der Waals surface area contributed by atoms with Gasteiger partial charge in [-0.05, 0) is 19.1 Å². The van der Waals surface area contributed by atoms with Gasteiger partial charge in [-0.2, -0.15) is 11.8 Å². The van der Waals surface area contributed by atoms with Crippen LogP contribution in [0.3, 0.4) is 0 Å². The maximum atomic E-state index is 13.8. The Kier molecular flexibility index (Phi) is 7.50. The summed E-state index contributed by atoms with van der Waals surface area (Å²) in [7, 11) is 0. The first-order chi connectivity index (χ1) is 7.34. The third-order valence-electron chi connectivity index (χ3n) is 3.42. The molecule has 0 radical (unpaired) electrons. The lowest BCUT2D eigenvalue weighted by molar-refractivity contribution is 0.285. The molecule has 0 bridgehead atoms. The van der Waals surface area contributed by atoms with Crippen molar-refractivity contribution in [1.29, 1.82) is 0 Å². The topological polar surface area (TPSA) is 0 Å². The van der Waals surface area contributed by atoms with E-state index in [0.717, 1.165) is 19.3 Å². The van der Waals surface area contributed by atoms with Crippen LogP contribution in [0, 0.1) is 0 Å². The quantitative estimate of drug-likeness (QED) is 0.615. The van der Waals surface area contributed by atoms with Crippen LogP contribution in [0.2, 0.25) is 0 Å². The first-order valence-electron chi connectivity index (χ1n) is 6.51. The molecule has 0 N–H and O–H groups in total. The van der Waals surface area contributed by atoms with Gasteiger partial charge in [0.2, 0.25) is 0 Å². The van der Waals surface area contributed by atoms with Gasteiger partial charge in [0.25, 0.3) is 0 Å². The van der Waals surface area contributed by atoms with Crippen LogP contribution in [0.1, 0.15) is 64.2 Å². The van der Waals surface area contributed by atoms with Crippen LogP contribution in [0.25, 0.3) is 0 Å². The zero-order valence-electron chi connectivity index (χ0n) is 10.0. The molecule has 0 amide bonds. The van der Waals surface area contributed by atoms with Gasteiger partial charge in [0.15, 0.2) is 0 Å². The van der Waals surface area contributed by atoms with Crippen molar-refractivity contribution in [3.05, 3.63) is 0 Å². The normalized spacial score (nSPS) is 31.6. The van der Waals surface area contributed by atoms with Gasteiger partial charge in [-0.25, -0.2) is 4.39 Å². The lowest BCUT2D eigenvalue weighted by Gasteiger charge is -2.19. The molecule has 0 aromatic rings. The first kappa shape index (κ1) is 13.3. The number of hydrogen-bond donors (Lipinski definition) is 0. The molecule has 90 valence electrons. The van der Waals surface area contributed by atoms with E-state index in [1.807, 2.05) is 0 Å². The highest BCUT2D eigenvalue weighted by Crippen LogP contribution is 2.26. The van der Waals surface area contributed by atoms with E-state index in [2.05, 4.69) is 6.26 Å². The zero-order chi connectivity index (χ0) is 10.9. The minimum Gasteiger partial charge on any atom is -0.246 e. The Hall–Kier alpha value is 0.280. The summed E-state index contributed by atoms with van der Waals surface area (Å²) >= 11 is 1.73. The van der Waals surface area contributed by atoms with Crippen molar-refractivity contribution in [3.63, 3.8) is 0 Å². The molecule has 0 aromatic carbocycles. The molecule has 0 nitrogen and oxygen atoms in total. The van der Waals surface area contributed by atoms with Gasteiger partial charge in [0.1, 0.15) is 6.17 Å². The Bertz CT molecular complexity index is 149. The SMILES string of the molecule is CSC1CCCCCCCCCC[C@@H]1F. The summed E-state index contributed by atoms with van der Waals surface area (Å²) in [5.41, 5.74) is 0. The molecule has 2 atom stereocenters. The summed E-state index contributed by atoms with van der Waals surface area (Å²) in [4.78, 5) is 0. The van der Waals surface area contributed by atoms with Crippen LogP contribution >= 0.6 is 11.8 Å². The number of thioether (sulfide) groups is 1. The van der Waals surface area contributed by atoms with Crippen LogP contribution in [-0.2, 0) is 0 Å². The fourth-order valence-electron chi connectivity index (χ4n) is 2.38. The summed E-state index contributed by atoms with van der Waals surface area (Å²) in [5, 5.41) is 0.268. The minimum absolute atomic E-state index is 0.268. The molecule has 0 heterocycles. The summed E-state index contributed by atoms with van der Waals surface area (Å²) in [6.45, 7) is 0. The van der Waals surface area contributed by atoms with E-state index in [-0.39, 0.29) is 5.25 Å². The van der Waals surface area contributed by atoms with E-state index in [1.165, 1.54) is 44.9 Å². The van der Waals surface area contributed by atoms with E-state index in [1.54, 1.807) is 11.8 Å². The molecule has 0 saturated heterocycles. The van der Waals surface area contributed by atoms with Crippen molar-refractivity contribution in [2.45, 2.75) is 75.6 Å². The van der Waals surface area contributed by atoms with Crippen molar-refractivity contribution >= 4 is 11.8 Å². The van der Waals surface area contributed by atoms with Crippen LogP contribution in [-0.4, -0.2) is 17.7 Å². The summed E-state index contributed by atoms with van der Waals surface area (Å²) in [6, 6.07) is 0. The molecule has 0 spiro atoms. The fourth-order valence-corrected chi connectivity index (χ4v) is 3.21. The summed E-state index contributed by atoms with van der Waals surface area (Å²) < 4.78 is 13.8. The van der Waals surface area contributed by atoms with Crippen molar-refractivity contribution in [1.82, 2.24) is 0 Å². The fraction of sp³-hybridized carbons (Fsp3) is 1.00. The van der Waals surface area contributed by atoms with Crippen LogP contribution in [0.5, 0.6) is 0 Å². The van der Waals surface area contributed by atoms with Gasteiger partial charge >= 0.3 is 0 Å². The smallest absolute Gasteiger partial charge is 0.112 e. The monoisotopic (exact) mass is 232 g/mol. The molecule has 1 fully saturated rings. The Morgan fingerprint density at radius 2 is 1.27 bits per heavy atom. The van der Waals surface area contributed by atoms with Gasteiger partial charge in [-0.1, -0.05) is 51.4 Å². The van der Waals surface area contributed by atoms with E-state index >= 15 is 0 Å². The third-order valence-corrected chi connectivity index (χ3v) is 4.56. The van der Waals surface area contributed by atoms with E-state index in [9.17, 15) is 4.39 Å². The Balaban J connectivity index is 2.30. The van der Waals surface area contributed by atoms with Crippen molar-refractivity contribution in [2.24, 2.45) is 0 Å². The summed E-state index contributed by atoms with van der Waals surface area (Å²) in [5.74, 6) is 0. The maximum Gasteiger partial charge on any atom is 0.112 e. The number of rotatable bonds is 1. The van der Waals surface area contributed by atoms with Gasteiger partial charge in [0, 0.05) is 5.25 Å². The van der Waals surface area contributed by atoms with Crippen LogP contribution < -0.4 is 0 Å². The molecule has 0 aliphatic heterocycles. The molecule has 1 rings (SSSR count). The molecule has 2 heteroatoms. The Morgan fingerprint density at radius 3 is 1.80 bits per heavy atom. The predicted molar refractivity (Wildman–Crippen MR) is 68.4 cm³/mol. The molecular weight excluding hydrogens is 207 g/mol. The van der Waals surface area contributed by atoms with Crippen molar-refractivity contribution in [2.75, 3.05) is 6.26 Å². The highest BCUT2D eigenvalue weighted by atomic mass is 32.2. The van der Waals surface area contributed by atoms with Crippen molar-refractivity contribution < 1.29 is 4.39 Å². The lowest BCUT2D eigenvalue weighted by Crippen LogP contribution is -2.18. The number of alkyl halides is 1. The lowest BCUT2D eigenvalue weighted by atomic mass is 10.00. The molecule has 15 heavy (non-hydrogen) atoms. The molecule has 1 aliphatic rings. The average molecular weight is 232 g/mol. The maximum absolute atomic E-state index is 13.8. The van der Waals surface area contributed by atoms with Crippen LogP contribution in [0.4, 0.5) is 4.39 Å². The number of hydrogen-bond acceptors (Lipinski definition) is 1. The molecule has 1 aliphatic carbocycles. The third kappa shape index (κ3) is 5.79. The second-order valence-electron chi connectivity index (χ2n) is 4.70. The Labute approximate surface area is 98.4 Å². The van der Waals surface area contributed by atoms with Gasteiger partial charge in [-0.3, -0.25) is 0 Å². The number of halogens is 1. The van der Waals surface area contributed by atoms with Gasteiger partial charge < -0.3 is 0 Å². The highest BCUT2D eigenvalue weighted by molar-refractivity contribution is 7.99. The first-order valence-corrected chi connectivity index (χ1v) is 7.80. The van der Waals surface area contributed by atoms with E-state index < -0.39 is 6.17 Å². The largest absolute Gasteiger partial charge is 0.246 e. The van der Waals surface area contributed by atoms with E-state index in [4.69, 9.17) is 0 Å². The highest BCUT2D eigenvalue weighted by Gasteiger charge is 2.19. The minimum atomic E-state index is -0.556. The van der Waals surface area contributed by atoms with E-state index in [0.29, 0.717) is 0 Å². The zero-order valence-corrected chi connectivity index (χ0v) is 10.8. The molecule has 1 unspecified atom stereocenters. The standard InChI is InChI=1S/C13H25FS/c1-15-13-11-9-7-5-3-2-4-6-8-10-12(13)14/h12-13H,2-11H2,1H3/t12-,13?/m0/s1. The van der Waals surface area contributed by atoms with Gasteiger partial charge in [-0.15, -0.1) is 0 Å². The second-order valence-corrected chi connectivity index (χ2v) is 5.77. The summed E-state index contributed by atoms with van der Waals surface area (Å²) in [6.07, 6.45) is 13.7. The molecule has 0 aromatic heterocycles. The van der Waals surface area contributed by atoms with Gasteiger partial charge in [0.05, 0.1) is 0 Å². The Morgan fingerprint density at radius 1 is 0.800 bits per heavy atom. The van der Waals surface area contributed by atoms with Crippen LogP contribution in [0.15, 0.2) is 0 Å². The predicted octanol–water partition coefficient (Wildman–Crippen LogP) is 4.97. The molecule has 1 saturated carbocycles. The van der Waals surface area contributed by atoms with Crippen molar-refractivity contribution in [3.8, 4) is 0 Å². The molecular formula is C13H25FS. The average Bonchev–Trinajstić information content (AvgIpc) is 2.23. The second kappa shape index (κ2) is 8.43.